The molecule has 2 aromatic carbocycles. The Morgan fingerprint density at radius 1 is 0.960 bits per heavy atom. The van der Waals surface area contributed by atoms with E-state index in [-0.39, 0.29) is 11.1 Å². The van der Waals surface area contributed by atoms with Crippen LogP contribution in [0.2, 0.25) is 0 Å². The highest BCUT2D eigenvalue weighted by molar-refractivity contribution is 6.00. The van der Waals surface area contributed by atoms with Crippen LogP contribution >= 0.6 is 0 Å². The van der Waals surface area contributed by atoms with Gasteiger partial charge >= 0.3 is 5.63 Å². The van der Waals surface area contributed by atoms with Crippen LogP contribution in [0.1, 0.15) is 20.7 Å². The van der Waals surface area contributed by atoms with Crippen molar-refractivity contribution in [3.8, 4) is 5.75 Å². The van der Waals surface area contributed by atoms with Crippen molar-refractivity contribution >= 4 is 22.8 Å². The van der Waals surface area contributed by atoms with Crippen LogP contribution in [0.25, 0.3) is 11.0 Å². The third-order valence-electron chi connectivity index (χ3n) is 3.51. The zero-order chi connectivity index (χ0) is 17.8. The minimum atomic E-state index is -0.830. The number of hydrogen-bond donors (Lipinski definition) is 2. The number of benzene rings is 2. The summed E-state index contributed by atoms with van der Waals surface area (Å²) in [5.41, 5.74) is 4.02. The van der Waals surface area contributed by atoms with Crippen molar-refractivity contribution in [3.05, 3.63) is 76.1 Å². The van der Waals surface area contributed by atoms with Gasteiger partial charge < -0.3 is 9.15 Å². The van der Waals surface area contributed by atoms with E-state index in [1.165, 1.54) is 13.2 Å². The summed E-state index contributed by atoms with van der Waals surface area (Å²) in [5.74, 6) is -0.887. The molecule has 2 amide bonds. The molecule has 0 radical (unpaired) electrons. The topological polar surface area (TPSA) is 97.6 Å². The Bertz CT molecular complexity index is 995. The fraction of sp³-hybridized carbons (Fsp3) is 0.0556. The van der Waals surface area contributed by atoms with Gasteiger partial charge in [-0.25, -0.2) is 4.79 Å². The van der Waals surface area contributed by atoms with E-state index in [1.54, 1.807) is 48.5 Å². The van der Waals surface area contributed by atoms with Crippen LogP contribution in [0, 0.1) is 0 Å². The Balaban J connectivity index is 1.82. The molecule has 3 aromatic rings. The molecule has 0 saturated heterocycles. The predicted octanol–water partition coefficient (Wildman–Crippen LogP) is 1.88. The van der Waals surface area contributed by atoms with Gasteiger partial charge in [0.15, 0.2) is 11.3 Å². The average Bonchev–Trinajstić information content (AvgIpc) is 2.65. The van der Waals surface area contributed by atoms with Gasteiger partial charge in [0.05, 0.1) is 7.11 Å². The number of para-hydroxylation sites is 1. The summed E-state index contributed by atoms with van der Waals surface area (Å²) in [6.45, 7) is 0. The molecule has 2 N–H and O–H groups in total. The largest absolute Gasteiger partial charge is 0.493 e. The van der Waals surface area contributed by atoms with Gasteiger partial charge in [-0.1, -0.05) is 30.3 Å². The van der Waals surface area contributed by atoms with Gasteiger partial charge in [-0.2, -0.15) is 0 Å². The first-order chi connectivity index (χ1) is 12.1. The smallest absolute Gasteiger partial charge is 0.349 e. The maximum absolute atomic E-state index is 12.2. The van der Waals surface area contributed by atoms with Crippen molar-refractivity contribution in [2.24, 2.45) is 0 Å². The van der Waals surface area contributed by atoms with E-state index in [0.29, 0.717) is 16.7 Å². The van der Waals surface area contributed by atoms with Crippen LogP contribution in [0.15, 0.2) is 63.8 Å². The molecule has 0 bridgehead atoms. The molecular formula is C18H14N2O5. The minimum absolute atomic E-state index is 0.228. The molecule has 0 aliphatic carbocycles. The number of fused-ring (bicyclic) bond motifs is 1. The third-order valence-corrected chi connectivity index (χ3v) is 3.51. The van der Waals surface area contributed by atoms with Gasteiger partial charge in [-0.05, 0) is 24.3 Å². The van der Waals surface area contributed by atoms with Crippen LogP contribution in [0.3, 0.4) is 0 Å². The number of hydrogen-bond acceptors (Lipinski definition) is 5. The summed E-state index contributed by atoms with van der Waals surface area (Å²) in [7, 11) is 1.45. The number of ether oxygens (including phenoxy) is 1. The SMILES string of the molecule is COc1cccc2cc(C(=O)NNC(=O)c3ccccc3)c(=O)oc12. The predicted molar refractivity (Wildman–Crippen MR) is 90.4 cm³/mol. The molecule has 0 atom stereocenters. The van der Waals surface area contributed by atoms with Crippen LogP contribution in [0.4, 0.5) is 0 Å². The zero-order valence-corrected chi connectivity index (χ0v) is 13.2. The third kappa shape index (κ3) is 3.35. The highest BCUT2D eigenvalue weighted by atomic mass is 16.5. The Kier molecular flexibility index (Phi) is 4.47. The molecule has 3 rings (SSSR count). The highest BCUT2D eigenvalue weighted by Crippen LogP contribution is 2.24. The van der Waals surface area contributed by atoms with Gasteiger partial charge in [0, 0.05) is 10.9 Å². The molecule has 1 heterocycles. The number of carbonyl (C=O) groups is 2. The maximum Gasteiger partial charge on any atom is 0.349 e. The van der Waals surface area contributed by atoms with Crippen LogP contribution in [0.5, 0.6) is 5.75 Å². The Hall–Kier alpha value is -3.61. The standard InChI is InChI=1S/C18H14N2O5/c1-24-14-9-5-8-12-10-13(18(23)25-15(12)14)17(22)20-19-16(21)11-6-3-2-4-7-11/h2-10H,1H3,(H,19,21)(H,20,22). The van der Waals surface area contributed by atoms with E-state index < -0.39 is 17.4 Å². The molecule has 0 unspecified atom stereocenters. The van der Waals surface area contributed by atoms with E-state index in [1.807, 2.05) is 0 Å². The summed E-state index contributed by atoms with van der Waals surface area (Å²) in [6.07, 6.45) is 0. The van der Waals surface area contributed by atoms with Crippen molar-refractivity contribution in [1.29, 1.82) is 0 Å². The van der Waals surface area contributed by atoms with Gasteiger partial charge in [0.2, 0.25) is 0 Å². The minimum Gasteiger partial charge on any atom is -0.493 e. The fourth-order valence-electron chi connectivity index (χ4n) is 2.28. The van der Waals surface area contributed by atoms with Gasteiger partial charge in [-0.15, -0.1) is 0 Å². The maximum atomic E-state index is 12.2. The van der Waals surface area contributed by atoms with Crippen LogP contribution < -0.4 is 21.2 Å². The lowest BCUT2D eigenvalue weighted by atomic mass is 10.1. The van der Waals surface area contributed by atoms with E-state index in [4.69, 9.17) is 9.15 Å². The van der Waals surface area contributed by atoms with E-state index in [2.05, 4.69) is 10.9 Å². The Morgan fingerprint density at radius 3 is 2.40 bits per heavy atom. The summed E-state index contributed by atoms with van der Waals surface area (Å²) in [6, 6.07) is 14.8. The van der Waals surface area contributed by atoms with Crippen molar-refractivity contribution in [2.75, 3.05) is 7.11 Å². The first kappa shape index (κ1) is 16.3. The number of methoxy groups -OCH3 is 1. The highest BCUT2D eigenvalue weighted by Gasteiger charge is 2.16. The summed E-state index contributed by atoms with van der Waals surface area (Å²) in [5, 5.41) is 0.526. The zero-order valence-electron chi connectivity index (χ0n) is 13.2. The molecule has 0 fully saturated rings. The van der Waals surface area contributed by atoms with Gasteiger partial charge in [0.25, 0.3) is 11.8 Å². The van der Waals surface area contributed by atoms with E-state index in [0.717, 1.165) is 0 Å². The molecule has 126 valence electrons. The van der Waals surface area contributed by atoms with Crippen molar-refractivity contribution in [3.63, 3.8) is 0 Å². The second-order valence-electron chi connectivity index (χ2n) is 5.10. The van der Waals surface area contributed by atoms with E-state index in [9.17, 15) is 14.4 Å². The second kappa shape index (κ2) is 6.88. The van der Waals surface area contributed by atoms with Gasteiger partial charge in [0.1, 0.15) is 5.56 Å². The van der Waals surface area contributed by atoms with Crippen molar-refractivity contribution < 1.29 is 18.7 Å². The number of nitrogens with one attached hydrogen (secondary N) is 2. The number of rotatable bonds is 3. The molecular weight excluding hydrogens is 324 g/mol. The van der Waals surface area contributed by atoms with Crippen LogP contribution in [-0.2, 0) is 0 Å². The number of hydrazine groups is 1. The van der Waals surface area contributed by atoms with E-state index >= 15 is 0 Å². The van der Waals surface area contributed by atoms with Crippen LogP contribution in [-0.4, -0.2) is 18.9 Å². The summed E-state index contributed by atoms with van der Waals surface area (Å²) >= 11 is 0. The molecule has 25 heavy (non-hydrogen) atoms. The lowest BCUT2D eigenvalue weighted by Crippen LogP contribution is -2.43. The molecule has 0 aliphatic heterocycles. The summed E-state index contributed by atoms with van der Waals surface area (Å²) in [4.78, 5) is 36.2. The van der Waals surface area contributed by atoms with Gasteiger partial charge in [-0.3, -0.25) is 20.4 Å². The molecule has 0 aliphatic rings. The van der Waals surface area contributed by atoms with Crippen molar-refractivity contribution in [2.45, 2.75) is 0 Å². The monoisotopic (exact) mass is 338 g/mol. The fourth-order valence-corrected chi connectivity index (χ4v) is 2.28. The molecule has 1 aromatic heterocycles. The Morgan fingerprint density at radius 2 is 1.68 bits per heavy atom. The number of carbonyl (C=O) groups excluding carboxylic acids is 2. The van der Waals surface area contributed by atoms with Crippen molar-refractivity contribution in [1.82, 2.24) is 10.9 Å². The normalized spacial score (nSPS) is 10.3. The number of amides is 2. The first-order valence-corrected chi connectivity index (χ1v) is 7.37. The molecule has 0 saturated carbocycles. The lowest BCUT2D eigenvalue weighted by Gasteiger charge is -2.08. The molecule has 7 heteroatoms. The molecule has 7 nitrogen and oxygen atoms in total. The average molecular weight is 338 g/mol. The lowest BCUT2D eigenvalue weighted by molar-refractivity contribution is 0.0844. The summed E-state index contributed by atoms with van der Waals surface area (Å²) < 4.78 is 10.3. The Labute approximate surface area is 142 Å². The first-order valence-electron chi connectivity index (χ1n) is 7.37. The quantitative estimate of drug-likeness (QED) is 0.561. The second-order valence-corrected chi connectivity index (χ2v) is 5.10. The molecule has 0 spiro atoms.